The van der Waals surface area contributed by atoms with Crippen LogP contribution in [-0.4, -0.2) is 31.1 Å². The molecule has 2 aliphatic rings. The van der Waals surface area contributed by atoms with E-state index in [1.54, 1.807) is 11.2 Å². The van der Waals surface area contributed by atoms with E-state index in [-0.39, 0.29) is 0 Å². The molecule has 2 aromatic carbocycles. The molecule has 0 unspecified atom stereocenters. The quantitative estimate of drug-likeness (QED) is 0.361. The zero-order chi connectivity index (χ0) is 22.7. The van der Waals surface area contributed by atoms with E-state index in [4.69, 9.17) is 17.3 Å². The van der Waals surface area contributed by atoms with Gasteiger partial charge in [-0.2, -0.15) is 0 Å². The molecule has 6 nitrogen and oxygen atoms in total. The Hall–Kier alpha value is -3.06. The molecule has 168 valence electrons. The lowest BCUT2D eigenvalue weighted by atomic mass is 10.0. The summed E-state index contributed by atoms with van der Waals surface area (Å²) in [7, 11) is 0. The summed E-state index contributed by atoms with van der Waals surface area (Å²) in [6.07, 6.45) is 5.77. The molecule has 0 bridgehead atoms. The minimum Gasteiger partial charge on any atom is -0.400 e. The normalized spacial score (nSPS) is 15.2. The Morgan fingerprint density at radius 1 is 1.06 bits per heavy atom. The summed E-state index contributed by atoms with van der Waals surface area (Å²) >= 11 is 0. The number of aryl methyl sites for hydroxylation is 1. The van der Waals surface area contributed by atoms with E-state index in [0.29, 0.717) is 18.8 Å². The monoisotopic (exact) mass is 430 g/mol. The number of hydrazine groups is 1. The summed E-state index contributed by atoms with van der Waals surface area (Å²) in [6.45, 7) is 11.0. The summed E-state index contributed by atoms with van der Waals surface area (Å²) < 4.78 is 0. The van der Waals surface area contributed by atoms with Crippen molar-refractivity contribution in [3.63, 3.8) is 0 Å². The van der Waals surface area contributed by atoms with Crippen LogP contribution in [0.5, 0.6) is 0 Å². The Labute approximate surface area is 191 Å². The number of hydrogen-bond donors (Lipinski definition) is 4. The number of nitrogens with zero attached hydrogens (tertiary/aromatic N) is 2. The summed E-state index contributed by atoms with van der Waals surface area (Å²) in [6, 6.07) is 12.9. The highest BCUT2D eigenvalue weighted by molar-refractivity contribution is 5.71. The van der Waals surface area contributed by atoms with Gasteiger partial charge in [0.2, 0.25) is 0 Å². The van der Waals surface area contributed by atoms with E-state index in [2.05, 4.69) is 47.6 Å². The largest absolute Gasteiger partial charge is 0.400 e. The van der Waals surface area contributed by atoms with Crippen LogP contribution in [-0.2, 0) is 19.3 Å². The molecule has 0 saturated carbocycles. The zero-order valence-electron chi connectivity index (χ0n) is 18.7. The second-order valence-electron chi connectivity index (χ2n) is 8.77. The number of benzene rings is 2. The van der Waals surface area contributed by atoms with Gasteiger partial charge in [0.25, 0.3) is 0 Å². The van der Waals surface area contributed by atoms with E-state index >= 15 is 0 Å². The van der Waals surface area contributed by atoms with Crippen molar-refractivity contribution in [2.24, 2.45) is 17.3 Å². The summed E-state index contributed by atoms with van der Waals surface area (Å²) in [5, 5.41) is 4.87. The Morgan fingerprint density at radius 3 is 2.72 bits per heavy atom. The van der Waals surface area contributed by atoms with Crippen molar-refractivity contribution in [3.8, 4) is 0 Å². The third-order valence-electron chi connectivity index (χ3n) is 6.23. The second-order valence-corrected chi connectivity index (χ2v) is 8.77. The van der Waals surface area contributed by atoms with Crippen molar-refractivity contribution in [3.05, 3.63) is 89.4 Å². The lowest BCUT2D eigenvalue weighted by molar-refractivity contribution is 0.307. The first-order chi connectivity index (χ1) is 15.4. The lowest BCUT2D eigenvalue weighted by Crippen LogP contribution is -2.36. The molecule has 0 aromatic heterocycles. The predicted octanol–water partition coefficient (Wildman–Crippen LogP) is 3.11. The van der Waals surface area contributed by atoms with Gasteiger partial charge in [-0.05, 0) is 59.2 Å². The topological polar surface area (TPSA) is 96.6 Å². The number of nitrogens with two attached hydrogens (primary N) is 3. The third-order valence-corrected chi connectivity index (χ3v) is 6.23. The maximum absolute atomic E-state index is 6.35. The molecule has 2 aromatic rings. The molecule has 0 atom stereocenters. The highest BCUT2D eigenvalue weighted by Crippen LogP contribution is 2.32. The number of anilines is 2. The van der Waals surface area contributed by atoms with Crippen LogP contribution < -0.4 is 27.6 Å². The van der Waals surface area contributed by atoms with Gasteiger partial charge in [0.15, 0.2) is 0 Å². The molecule has 1 heterocycles. The average Bonchev–Trinajstić information content (AvgIpc) is 3.32. The van der Waals surface area contributed by atoms with Crippen molar-refractivity contribution in [1.82, 2.24) is 4.90 Å². The van der Waals surface area contributed by atoms with Crippen molar-refractivity contribution in [2.75, 3.05) is 36.5 Å². The third kappa shape index (κ3) is 5.05. The average molecular weight is 431 g/mol. The SMILES string of the molecule is C=C1Cc2ccc(N(N)/C=C(\N)CN(CCN)CCc3ccc4c(c3)CCC4=C)cc2N1. The minimum absolute atomic E-state index is 0.587. The van der Waals surface area contributed by atoms with E-state index < -0.39 is 0 Å². The molecule has 6 heteroatoms. The number of allylic oxidation sites excluding steroid dienone is 2. The van der Waals surface area contributed by atoms with Gasteiger partial charge < -0.3 is 16.8 Å². The number of hydrogen-bond acceptors (Lipinski definition) is 6. The van der Waals surface area contributed by atoms with Gasteiger partial charge in [-0.25, -0.2) is 5.84 Å². The first-order valence-corrected chi connectivity index (χ1v) is 11.2. The molecule has 4 rings (SSSR count). The van der Waals surface area contributed by atoms with Crippen LogP contribution in [0.3, 0.4) is 0 Å². The molecule has 0 saturated heterocycles. The highest BCUT2D eigenvalue weighted by atomic mass is 15.4. The van der Waals surface area contributed by atoms with E-state index in [9.17, 15) is 0 Å². The summed E-state index contributed by atoms with van der Waals surface area (Å²) in [4.78, 5) is 2.28. The maximum Gasteiger partial charge on any atom is 0.0589 e. The summed E-state index contributed by atoms with van der Waals surface area (Å²) in [5.41, 5.74) is 22.4. The maximum atomic E-state index is 6.35. The standard InChI is InChI=1S/C26H34N6/c1-18-3-5-21-14-20(4-8-25(18)21)9-11-31(12-10-27)16-23(28)17-32(29)24-7-6-22-13-19(2)30-26(22)15-24/h4,6-8,14-15,17,30H,1-3,5,9-13,16,27-29H2/b23-17-. The van der Waals surface area contributed by atoms with Crippen LogP contribution in [0.15, 0.2) is 67.2 Å². The van der Waals surface area contributed by atoms with Gasteiger partial charge in [-0.15, -0.1) is 0 Å². The fourth-order valence-corrected chi connectivity index (χ4v) is 4.53. The predicted molar refractivity (Wildman–Crippen MR) is 135 cm³/mol. The first-order valence-electron chi connectivity index (χ1n) is 11.2. The van der Waals surface area contributed by atoms with Gasteiger partial charge in [0.05, 0.1) is 5.69 Å². The van der Waals surface area contributed by atoms with Gasteiger partial charge >= 0.3 is 0 Å². The molecule has 0 spiro atoms. The van der Waals surface area contributed by atoms with Gasteiger partial charge in [0.1, 0.15) is 0 Å². The van der Waals surface area contributed by atoms with Gasteiger partial charge in [-0.1, -0.05) is 37.4 Å². The van der Waals surface area contributed by atoms with Crippen molar-refractivity contribution < 1.29 is 0 Å². The summed E-state index contributed by atoms with van der Waals surface area (Å²) in [5.74, 6) is 6.28. The minimum atomic E-state index is 0.587. The van der Waals surface area contributed by atoms with Crippen molar-refractivity contribution in [2.45, 2.75) is 25.7 Å². The molecule has 7 N–H and O–H groups in total. The number of fused-ring (bicyclic) bond motifs is 2. The number of rotatable bonds is 9. The highest BCUT2D eigenvalue weighted by Gasteiger charge is 2.16. The fourth-order valence-electron chi connectivity index (χ4n) is 4.53. The van der Waals surface area contributed by atoms with E-state index in [1.165, 1.54) is 27.8 Å². The molecule has 1 aliphatic carbocycles. The van der Waals surface area contributed by atoms with Crippen LogP contribution in [0, 0.1) is 0 Å². The molecule has 0 radical (unpaired) electrons. The molecular formula is C26H34N6. The van der Waals surface area contributed by atoms with Crippen LogP contribution in [0.1, 0.15) is 28.7 Å². The Balaban J connectivity index is 1.37. The smallest absolute Gasteiger partial charge is 0.0589 e. The fraction of sp³-hybridized carbons (Fsp3) is 0.308. The van der Waals surface area contributed by atoms with E-state index in [0.717, 1.165) is 55.8 Å². The molecule has 32 heavy (non-hydrogen) atoms. The zero-order valence-corrected chi connectivity index (χ0v) is 18.7. The van der Waals surface area contributed by atoms with E-state index in [1.807, 2.05) is 12.1 Å². The second kappa shape index (κ2) is 9.61. The van der Waals surface area contributed by atoms with Gasteiger partial charge in [-0.3, -0.25) is 9.91 Å². The van der Waals surface area contributed by atoms with Gasteiger partial charge in [0, 0.05) is 55.9 Å². The van der Waals surface area contributed by atoms with Crippen LogP contribution >= 0.6 is 0 Å². The van der Waals surface area contributed by atoms with Crippen LogP contribution in [0.4, 0.5) is 11.4 Å². The molecule has 0 amide bonds. The van der Waals surface area contributed by atoms with Crippen molar-refractivity contribution in [1.29, 1.82) is 0 Å². The Bertz CT molecular complexity index is 1050. The molecule has 0 fully saturated rings. The molecule has 1 aliphatic heterocycles. The van der Waals surface area contributed by atoms with Crippen molar-refractivity contribution >= 4 is 16.9 Å². The van der Waals surface area contributed by atoms with Crippen LogP contribution in [0.25, 0.3) is 5.57 Å². The lowest BCUT2D eigenvalue weighted by Gasteiger charge is -2.23. The Morgan fingerprint density at radius 2 is 1.91 bits per heavy atom. The molecular weight excluding hydrogens is 396 g/mol. The Kier molecular flexibility index (Phi) is 6.65. The first kappa shape index (κ1) is 22.1. The van der Waals surface area contributed by atoms with Crippen LogP contribution in [0.2, 0.25) is 0 Å². The number of nitrogens with one attached hydrogen (secondary N) is 1.